The summed E-state index contributed by atoms with van der Waals surface area (Å²) in [6.45, 7) is 5.15. The average Bonchev–Trinajstić information content (AvgIpc) is 2.61. The maximum absolute atomic E-state index is 11.5. The van der Waals surface area contributed by atoms with Crippen LogP contribution in [-0.4, -0.2) is 18.5 Å². The minimum Gasteiger partial charge on any atom is -0.354 e. The van der Waals surface area contributed by atoms with Crippen molar-refractivity contribution >= 4 is 5.91 Å². The first-order chi connectivity index (χ1) is 7.13. The zero-order valence-corrected chi connectivity index (χ0v) is 9.96. The summed E-state index contributed by atoms with van der Waals surface area (Å²) in [5, 5.41) is 2.97. The summed E-state index contributed by atoms with van der Waals surface area (Å²) in [7, 11) is 0. The molecule has 2 unspecified atom stereocenters. The Morgan fingerprint density at radius 3 is 2.80 bits per heavy atom. The fraction of sp³-hybridized carbons (Fsp3) is 0.917. The zero-order valence-electron chi connectivity index (χ0n) is 9.96. The SMILES string of the molecule is CCC[C@H](N)C(=O)NCC1CCC(C)C1. The van der Waals surface area contributed by atoms with Gasteiger partial charge >= 0.3 is 0 Å². The molecule has 0 saturated heterocycles. The number of nitrogens with one attached hydrogen (secondary N) is 1. The molecule has 0 aromatic carbocycles. The van der Waals surface area contributed by atoms with E-state index in [2.05, 4.69) is 12.2 Å². The lowest BCUT2D eigenvalue weighted by atomic mass is 10.1. The van der Waals surface area contributed by atoms with Crippen molar-refractivity contribution in [1.29, 1.82) is 0 Å². The van der Waals surface area contributed by atoms with Crippen LogP contribution < -0.4 is 11.1 Å². The van der Waals surface area contributed by atoms with Gasteiger partial charge in [-0.3, -0.25) is 4.79 Å². The van der Waals surface area contributed by atoms with Crippen LogP contribution in [0.2, 0.25) is 0 Å². The van der Waals surface area contributed by atoms with Crippen molar-refractivity contribution in [2.24, 2.45) is 17.6 Å². The van der Waals surface area contributed by atoms with E-state index in [1.165, 1.54) is 19.3 Å². The van der Waals surface area contributed by atoms with Gasteiger partial charge in [0.15, 0.2) is 0 Å². The van der Waals surface area contributed by atoms with E-state index in [9.17, 15) is 4.79 Å². The summed E-state index contributed by atoms with van der Waals surface area (Å²) < 4.78 is 0. The van der Waals surface area contributed by atoms with Gasteiger partial charge in [-0.05, 0) is 31.1 Å². The van der Waals surface area contributed by atoms with Crippen LogP contribution >= 0.6 is 0 Å². The van der Waals surface area contributed by atoms with Crippen molar-refractivity contribution in [3.05, 3.63) is 0 Å². The van der Waals surface area contributed by atoms with Crippen molar-refractivity contribution < 1.29 is 4.79 Å². The van der Waals surface area contributed by atoms with Gasteiger partial charge in [0.1, 0.15) is 0 Å². The Morgan fingerprint density at radius 2 is 2.27 bits per heavy atom. The molecule has 1 saturated carbocycles. The number of hydrogen-bond donors (Lipinski definition) is 2. The third-order valence-electron chi connectivity index (χ3n) is 3.30. The van der Waals surface area contributed by atoms with Gasteiger partial charge in [-0.2, -0.15) is 0 Å². The molecule has 3 nitrogen and oxygen atoms in total. The van der Waals surface area contributed by atoms with Gasteiger partial charge in [0, 0.05) is 6.54 Å². The molecule has 1 rings (SSSR count). The molecular formula is C12H24N2O. The molecule has 1 aliphatic rings. The summed E-state index contributed by atoms with van der Waals surface area (Å²) in [4.78, 5) is 11.5. The molecule has 3 N–H and O–H groups in total. The van der Waals surface area contributed by atoms with E-state index in [1.807, 2.05) is 6.92 Å². The van der Waals surface area contributed by atoms with Gasteiger partial charge in [0.25, 0.3) is 0 Å². The first-order valence-electron chi connectivity index (χ1n) is 6.16. The van der Waals surface area contributed by atoms with Crippen LogP contribution in [0.1, 0.15) is 46.0 Å². The van der Waals surface area contributed by atoms with Crippen molar-refractivity contribution in [3.8, 4) is 0 Å². The molecule has 3 heteroatoms. The van der Waals surface area contributed by atoms with E-state index in [0.717, 1.165) is 25.3 Å². The topological polar surface area (TPSA) is 55.1 Å². The van der Waals surface area contributed by atoms with E-state index >= 15 is 0 Å². The van der Waals surface area contributed by atoms with Crippen molar-refractivity contribution in [1.82, 2.24) is 5.32 Å². The molecule has 1 amide bonds. The molecule has 3 atom stereocenters. The van der Waals surface area contributed by atoms with Crippen LogP contribution in [0.5, 0.6) is 0 Å². The van der Waals surface area contributed by atoms with Crippen molar-refractivity contribution in [2.75, 3.05) is 6.54 Å². The monoisotopic (exact) mass is 212 g/mol. The number of hydrogen-bond acceptors (Lipinski definition) is 2. The minimum atomic E-state index is -0.311. The highest BCUT2D eigenvalue weighted by Gasteiger charge is 2.22. The maximum atomic E-state index is 11.5. The van der Waals surface area contributed by atoms with E-state index in [4.69, 9.17) is 5.73 Å². The summed E-state index contributed by atoms with van der Waals surface area (Å²) in [5.41, 5.74) is 5.73. The summed E-state index contributed by atoms with van der Waals surface area (Å²) >= 11 is 0. The Labute approximate surface area is 92.8 Å². The van der Waals surface area contributed by atoms with Gasteiger partial charge in [0.2, 0.25) is 5.91 Å². The molecule has 0 aliphatic heterocycles. The van der Waals surface area contributed by atoms with Gasteiger partial charge in [-0.1, -0.05) is 26.7 Å². The normalized spacial score (nSPS) is 27.7. The Morgan fingerprint density at radius 1 is 1.53 bits per heavy atom. The molecule has 0 bridgehead atoms. The molecule has 0 spiro atoms. The fourth-order valence-corrected chi connectivity index (χ4v) is 2.33. The van der Waals surface area contributed by atoms with E-state index < -0.39 is 0 Å². The molecule has 15 heavy (non-hydrogen) atoms. The lowest BCUT2D eigenvalue weighted by molar-refractivity contribution is -0.122. The smallest absolute Gasteiger partial charge is 0.236 e. The summed E-state index contributed by atoms with van der Waals surface area (Å²) in [5.74, 6) is 1.53. The fourth-order valence-electron chi connectivity index (χ4n) is 2.33. The molecule has 1 fully saturated rings. The molecule has 0 radical (unpaired) electrons. The molecular weight excluding hydrogens is 188 g/mol. The van der Waals surface area contributed by atoms with E-state index in [0.29, 0.717) is 5.92 Å². The molecule has 88 valence electrons. The van der Waals surface area contributed by atoms with Crippen LogP contribution in [-0.2, 0) is 4.79 Å². The second kappa shape index (κ2) is 6.11. The van der Waals surface area contributed by atoms with Crippen LogP contribution in [0.25, 0.3) is 0 Å². The zero-order chi connectivity index (χ0) is 11.3. The quantitative estimate of drug-likeness (QED) is 0.728. The second-order valence-corrected chi connectivity index (χ2v) is 4.92. The predicted molar refractivity (Wildman–Crippen MR) is 62.4 cm³/mol. The van der Waals surface area contributed by atoms with Crippen LogP contribution in [0, 0.1) is 11.8 Å². The number of nitrogens with two attached hydrogens (primary N) is 1. The Hall–Kier alpha value is -0.570. The molecule has 0 heterocycles. The Balaban J connectivity index is 2.16. The summed E-state index contributed by atoms with van der Waals surface area (Å²) in [6.07, 6.45) is 5.57. The molecule has 0 aromatic rings. The van der Waals surface area contributed by atoms with E-state index in [1.54, 1.807) is 0 Å². The predicted octanol–water partition coefficient (Wildman–Crippen LogP) is 1.67. The second-order valence-electron chi connectivity index (χ2n) is 4.92. The van der Waals surface area contributed by atoms with Gasteiger partial charge < -0.3 is 11.1 Å². The first-order valence-corrected chi connectivity index (χ1v) is 6.16. The highest BCUT2D eigenvalue weighted by Crippen LogP contribution is 2.29. The van der Waals surface area contributed by atoms with Crippen LogP contribution in [0.3, 0.4) is 0 Å². The van der Waals surface area contributed by atoms with Gasteiger partial charge in [-0.15, -0.1) is 0 Å². The number of amides is 1. The largest absolute Gasteiger partial charge is 0.354 e. The molecule has 1 aliphatic carbocycles. The van der Waals surface area contributed by atoms with Crippen LogP contribution in [0.15, 0.2) is 0 Å². The highest BCUT2D eigenvalue weighted by molar-refractivity contribution is 5.81. The minimum absolute atomic E-state index is 0.0244. The third kappa shape index (κ3) is 4.20. The lowest BCUT2D eigenvalue weighted by Crippen LogP contribution is -2.42. The van der Waals surface area contributed by atoms with Gasteiger partial charge in [-0.25, -0.2) is 0 Å². The van der Waals surface area contributed by atoms with Crippen LogP contribution in [0.4, 0.5) is 0 Å². The van der Waals surface area contributed by atoms with Crippen molar-refractivity contribution in [2.45, 2.75) is 52.0 Å². The van der Waals surface area contributed by atoms with E-state index in [-0.39, 0.29) is 11.9 Å². The maximum Gasteiger partial charge on any atom is 0.236 e. The third-order valence-corrected chi connectivity index (χ3v) is 3.30. The average molecular weight is 212 g/mol. The standard InChI is InChI=1S/C12H24N2O/c1-3-4-11(13)12(15)14-8-10-6-5-9(2)7-10/h9-11H,3-8,13H2,1-2H3,(H,14,15)/t9?,10?,11-/m0/s1. The van der Waals surface area contributed by atoms with Crippen molar-refractivity contribution in [3.63, 3.8) is 0 Å². The Kier molecular flexibility index (Phi) is 5.09. The summed E-state index contributed by atoms with van der Waals surface area (Å²) in [6, 6.07) is -0.311. The number of carbonyl (C=O) groups excluding carboxylic acids is 1. The Bertz CT molecular complexity index is 206. The lowest BCUT2D eigenvalue weighted by Gasteiger charge is -2.14. The van der Waals surface area contributed by atoms with Gasteiger partial charge in [0.05, 0.1) is 6.04 Å². The number of carbonyl (C=O) groups is 1. The highest BCUT2D eigenvalue weighted by atomic mass is 16.2. The first kappa shape index (κ1) is 12.5. The molecule has 0 aromatic heterocycles. The number of rotatable bonds is 5.